The van der Waals surface area contributed by atoms with Crippen molar-refractivity contribution < 1.29 is 14.3 Å². The number of likely N-dealkylation sites (N-methyl/N-ethyl adjacent to an activating group) is 1. The van der Waals surface area contributed by atoms with Crippen molar-refractivity contribution in [3.05, 3.63) is 0 Å². The van der Waals surface area contributed by atoms with Gasteiger partial charge >= 0.3 is 6.09 Å². The van der Waals surface area contributed by atoms with Gasteiger partial charge in [0.2, 0.25) is 5.91 Å². The fourth-order valence-corrected chi connectivity index (χ4v) is 1.90. The largest absolute Gasteiger partial charge is 0.444 e. The molecule has 1 saturated heterocycles. The van der Waals surface area contributed by atoms with Crippen molar-refractivity contribution in [1.82, 2.24) is 10.2 Å². The van der Waals surface area contributed by atoms with Gasteiger partial charge in [-0.25, -0.2) is 4.79 Å². The van der Waals surface area contributed by atoms with Gasteiger partial charge in [0.15, 0.2) is 0 Å². The molecule has 104 valence electrons. The summed E-state index contributed by atoms with van der Waals surface area (Å²) in [6, 6.07) is 0.0177. The van der Waals surface area contributed by atoms with Crippen LogP contribution in [0.5, 0.6) is 0 Å². The van der Waals surface area contributed by atoms with Gasteiger partial charge in [0, 0.05) is 20.0 Å². The predicted molar refractivity (Wildman–Crippen MR) is 69.3 cm³/mol. The molecule has 0 aromatic rings. The zero-order valence-corrected chi connectivity index (χ0v) is 11.8. The summed E-state index contributed by atoms with van der Waals surface area (Å²) in [7, 11) is 1.73. The van der Waals surface area contributed by atoms with Crippen molar-refractivity contribution in [2.45, 2.75) is 58.1 Å². The van der Waals surface area contributed by atoms with Gasteiger partial charge in [0.1, 0.15) is 5.60 Å². The Bertz CT molecular complexity index is 310. The van der Waals surface area contributed by atoms with Gasteiger partial charge in [-0.05, 0) is 33.6 Å². The molecule has 0 aromatic heterocycles. The van der Waals surface area contributed by atoms with Crippen LogP contribution in [0.3, 0.4) is 0 Å². The van der Waals surface area contributed by atoms with Crippen LogP contribution in [0, 0.1) is 0 Å². The summed E-state index contributed by atoms with van der Waals surface area (Å²) in [6.07, 6.45) is 3.00. The lowest BCUT2D eigenvalue weighted by Gasteiger charge is -2.31. The molecule has 1 unspecified atom stereocenters. The van der Waals surface area contributed by atoms with E-state index in [9.17, 15) is 9.59 Å². The molecule has 0 saturated carbocycles. The van der Waals surface area contributed by atoms with E-state index in [-0.39, 0.29) is 18.0 Å². The van der Waals surface area contributed by atoms with Crippen LogP contribution in [0.15, 0.2) is 0 Å². The normalized spacial score (nSPS) is 21.6. The highest BCUT2D eigenvalue weighted by atomic mass is 16.6. The summed E-state index contributed by atoms with van der Waals surface area (Å²) in [5.41, 5.74) is -0.490. The highest BCUT2D eigenvalue weighted by molar-refractivity contribution is 5.76. The minimum atomic E-state index is -0.490. The third-order valence-electron chi connectivity index (χ3n) is 2.96. The predicted octanol–water partition coefficient (Wildman–Crippen LogP) is 1.91. The van der Waals surface area contributed by atoms with E-state index in [4.69, 9.17) is 4.74 Å². The van der Waals surface area contributed by atoms with Crippen LogP contribution in [-0.2, 0) is 9.53 Å². The SMILES string of the molecule is CN(C(=O)OC(C)(C)C)C1CCCCC(=O)NC1. The zero-order chi connectivity index (χ0) is 13.8. The standard InChI is InChI=1S/C13H24N2O3/c1-13(2,3)18-12(17)15(4)10-7-5-6-8-11(16)14-9-10/h10H,5-9H2,1-4H3,(H,14,16). The molecule has 1 heterocycles. The first kappa shape index (κ1) is 14.8. The van der Waals surface area contributed by atoms with Gasteiger partial charge in [-0.3, -0.25) is 4.79 Å². The van der Waals surface area contributed by atoms with E-state index >= 15 is 0 Å². The number of hydrogen-bond acceptors (Lipinski definition) is 3. The molecule has 0 bridgehead atoms. The first-order chi connectivity index (χ1) is 8.29. The molecule has 1 aliphatic rings. The minimum absolute atomic E-state index is 0.0177. The maximum atomic E-state index is 11.9. The van der Waals surface area contributed by atoms with Crippen LogP contribution in [0.1, 0.15) is 46.5 Å². The molecular formula is C13H24N2O3. The van der Waals surface area contributed by atoms with Crippen LogP contribution in [0.4, 0.5) is 4.79 Å². The van der Waals surface area contributed by atoms with Gasteiger partial charge < -0.3 is 15.0 Å². The highest BCUT2D eigenvalue weighted by Crippen LogP contribution is 2.15. The number of amides is 2. The fourth-order valence-electron chi connectivity index (χ4n) is 1.90. The molecule has 0 spiro atoms. The Morgan fingerprint density at radius 1 is 1.39 bits per heavy atom. The average Bonchev–Trinajstić information content (AvgIpc) is 2.21. The first-order valence-electron chi connectivity index (χ1n) is 6.52. The van der Waals surface area contributed by atoms with Gasteiger partial charge in [-0.2, -0.15) is 0 Å². The monoisotopic (exact) mass is 256 g/mol. The molecule has 1 fully saturated rings. The lowest BCUT2D eigenvalue weighted by atomic mass is 10.0. The average molecular weight is 256 g/mol. The van der Waals surface area contributed by atoms with Crippen LogP contribution < -0.4 is 5.32 Å². The van der Waals surface area contributed by atoms with E-state index in [1.165, 1.54) is 0 Å². The summed E-state index contributed by atoms with van der Waals surface area (Å²) >= 11 is 0. The van der Waals surface area contributed by atoms with Crippen molar-refractivity contribution >= 4 is 12.0 Å². The molecule has 1 atom stereocenters. The quantitative estimate of drug-likeness (QED) is 0.779. The van der Waals surface area contributed by atoms with Gasteiger partial charge in [-0.15, -0.1) is 0 Å². The van der Waals surface area contributed by atoms with Crippen LogP contribution in [0.2, 0.25) is 0 Å². The molecule has 2 amide bonds. The second-order valence-corrected chi connectivity index (χ2v) is 5.79. The maximum absolute atomic E-state index is 11.9. The number of rotatable bonds is 1. The number of nitrogens with one attached hydrogen (secondary N) is 1. The van der Waals surface area contributed by atoms with Crippen molar-refractivity contribution in [1.29, 1.82) is 0 Å². The lowest BCUT2D eigenvalue weighted by molar-refractivity contribution is -0.121. The Kier molecular flexibility index (Phi) is 4.99. The third-order valence-corrected chi connectivity index (χ3v) is 2.96. The van der Waals surface area contributed by atoms with Crippen molar-refractivity contribution in [3.63, 3.8) is 0 Å². The zero-order valence-electron chi connectivity index (χ0n) is 11.8. The Balaban J connectivity index is 2.55. The van der Waals surface area contributed by atoms with E-state index in [0.29, 0.717) is 13.0 Å². The molecule has 1 rings (SSSR count). The van der Waals surface area contributed by atoms with Crippen LogP contribution in [0.25, 0.3) is 0 Å². The molecular weight excluding hydrogens is 232 g/mol. The molecule has 5 nitrogen and oxygen atoms in total. The van der Waals surface area contributed by atoms with Crippen LogP contribution in [-0.4, -0.2) is 42.1 Å². The van der Waals surface area contributed by atoms with Gasteiger partial charge in [0.05, 0.1) is 6.04 Å². The number of hydrogen-bond donors (Lipinski definition) is 1. The van der Waals surface area contributed by atoms with E-state index in [0.717, 1.165) is 19.3 Å². The maximum Gasteiger partial charge on any atom is 0.410 e. The summed E-state index contributed by atoms with van der Waals surface area (Å²) in [4.78, 5) is 24.9. The Hall–Kier alpha value is -1.26. The summed E-state index contributed by atoms with van der Waals surface area (Å²) in [5, 5.41) is 2.84. The molecule has 0 aromatic carbocycles. The van der Waals surface area contributed by atoms with Crippen molar-refractivity contribution in [2.75, 3.05) is 13.6 Å². The summed E-state index contributed by atoms with van der Waals surface area (Å²) in [6.45, 7) is 6.05. The van der Waals surface area contributed by atoms with E-state index in [1.807, 2.05) is 20.8 Å². The molecule has 1 N–H and O–H groups in total. The van der Waals surface area contributed by atoms with Crippen molar-refractivity contribution in [2.24, 2.45) is 0 Å². The van der Waals surface area contributed by atoms with Gasteiger partial charge in [-0.1, -0.05) is 6.42 Å². The number of carbonyl (C=O) groups excluding carboxylic acids is 2. The topological polar surface area (TPSA) is 58.6 Å². The fraction of sp³-hybridized carbons (Fsp3) is 0.846. The van der Waals surface area contributed by atoms with Crippen LogP contribution >= 0.6 is 0 Å². The molecule has 18 heavy (non-hydrogen) atoms. The number of carbonyl (C=O) groups is 2. The second kappa shape index (κ2) is 6.07. The Morgan fingerprint density at radius 3 is 2.67 bits per heavy atom. The Morgan fingerprint density at radius 2 is 2.06 bits per heavy atom. The van der Waals surface area contributed by atoms with Crippen molar-refractivity contribution in [3.8, 4) is 0 Å². The smallest absolute Gasteiger partial charge is 0.410 e. The molecule has 5 heteroatoms. The Labute approximate surface area is 109 Å². The molecule has 0 radical (unpaired) electrons. The van der Waals surface area contributed by atoms with E-state index in [2.05, 4.69) is 5.32 Å². The van der Waals surface area contributed by atoms with E-state index < -0.39 is 5.60 Å². The summed E-state index contributed by atoms with van der Waals surface area (Å²) < 4.78 is 5.33. The number of ether oxygens (including phenoxy) is 1. The number of nitrogens with zero attached hydrogens (tertiary/aromatic N) is 1. The van der Waals surface area contributed by atoms with Gasteiger partial charge in [0.25, 0.3) is 0 Å². The molecule has 1 aliphatic heterocycles. The van der Waals surface area contributed by atoms with E-state index in [1.54, 1.807) is 11.9 Å². The summed E-state index contributed by atoms with van der Waals surface area (Å²) in [5.74, 6) is 0.0669. The minimum Gasteiger partial charge on any atom is -0.444 e. The molecule has 0 aliphatic carbocycles. The lowest BCUT2D eigenvalue weighted by Crippen LogP contribution is -2.47. The second-order valence-electron chi connectivity index (χ2n) is 5.79. The highest BCUT2D eigenvalue weighted by Gasteiger charge is 2.26. The first-order valence-corrected chi connectivity index (χ1v) is 6.52. The third kappa shape index (κ3) is 4.94.